The van der Waals surface area contributed by atoms with Crippen molar-refractivity contribution in [3.8, 4) is 5.69 Å². The fourth-order valence-corrected chi connectivity index (χ4v) is 4.64. The number of nitrogens with one attached hydrogen (secondary N) is 1. The van der Waals surface area contributed by atoms with Gasteiger partial charge in [0.15, 0.2) is 9.84 Å². The molecule has 1 N–H and O–H groups in total. The van der Waals surface area contributed by atoms with Gasteiger partial charge in [-0.3, -0.25) is 9.59 Å². The topological polar surface area (TPSA) is 114 Å². The number of sulfone groups is 1. The molecule has 1 atom stereocenters. The summed E-state index contributed by atoms with van der Waals surface area (Å²) in [4.78, 5) is 30.2. The molecule has 10 heteroatoms. The summed E-state index contributed by atoms with van der Waals surface area (Å²) in [6.07, 6.45) is 3.40. The Morgan fingerprint density at radius 3 is 2.59 bits per heavy atom. The van der Waals surface area contributed by atoms with Crippen molar-refractivity contribution in [2.45, 2.75) is 19.4 Å². The van der Waals surface area contributed by atoms with Gasteiger partial charge in [-0.2, -0.15) is 5.10 Å². The van der Waals surface area contributed by atoms with Crippen molar-refractivity contribution in [3.05, 3.63) is 42.5 Å². The average molecular weight is 391 g/mol. The van der Waals surface area contributed by atoms with Crippen LogP contribution in [-0.4, -0.2) is 70.5 Å². The Bertz CT molecular complexity index is 909. The van der Waals surface area contributed by atoms with Gasteiger partial charge in [0, 0.05) is 18.2 Å². The van der Waals surface area contributed by atoms with E-state index in [4.69, 9.17) is 0 Å². The van der Waals surface area contributed by atoms with E-state index in [0.717, 1.165) is 5.69 Å². The van der Waals surface area contributed by atoms with Crippen molar-refractivity contribution in [3.63, 3.8) is 0 Å². The highest BCUT2D eigenvalue weighted by atomic mass is 32.2. The van der Waals surface area contributed by atoms with E-state index in [1.165, 1.54) is 11.2 Å². The fourth-order valence-electron chi connectivity index (χ4n) is 2.96. The van der Waals surface area contributed by atoms with Gasteiger partial charge in [0.2, 0.25) is 5.91 Å². The zero-order valence-corrected chi connectivity index (χ0v) is 15.7. The number of benzene rings is 1. The highest BCUT2D eigenvalue weighted by molar-refractivity contribution is 7.91. The third-order valence-corrected chi connectivity index (χ3v) is 6.17. The Morgan fingerprint density at radius 2 is 2.04 bits per heavy atom. The summed E-state index contributed by atoms with van der Waals surface area (Å²) in [6, 6.07) is 6.46. The third kappa shape index (κ3) is 4.70. The van der Waals surface area contributed by atoms with E-state index in [1.54, 1.807) is 42.2 Å². The molecular formula is C17H21N5O4S. The maximum atomic E-state index is 12.7. The van der Waals surface area contributed by atoms with Crippen molar-refractivity contribution in [1.82, 2.24) is 25.0 Å². The van der Waals surface area contributed by atoms with E-state index in [0.29, 0.717) is 18.5 Å². The summed E-state index contributed by atoms with van der Waals surface area (Å²) in [6.45, 7) is 2.03. The maximum absolute atomic E-state index is 12.7. The summed E-state index contributed by atoms with van der Waals surface area (Å²) >= 11 is 0. The van der Waals surface area contributed by atoms with Crippen LogP contribution in [0.5, 0.6) is 0 Å². The molecule has 1 aromatic heterocycles. The zero-order chi connectivity index (χ0) is 19.4. The van der Waals surface area contributed by atoms with Gasteiger partial charge >= 0.3 is 0 Å². The number of carbonyl (C=O) groups excluding carboxylic acids is 2. The van der Waals surface area contributed by atoms with Crippen LogP contribution in [0.15, 0.2) is 36.9 Å². The standard InChI is InChI=1S/C17H21N5O4S/c1-2-21(9-16(23)20-14-7-8-27(25,26)10-14)17(24)13-3-5-15(6-4-13)22-12-18-11-19-22/h3-6,11-12,14H,2,7-10H2,1H3,(H,20,23). The van der Waals surface area contributed by atoms with E-state index < -0.39 is 9.84 Å². The number of amides is 2. The lowest BCUT2D eigenvalue weighted by Gasteiger charge is -2.21. The first-order valence-corrected chi connectivity index (χ1v) is 10.4. The zero-order valence-electron chi connectivity index (χ0n) is 14.9. The Hall–Kier alpha value is -2.75. The number of carbonyl (C=O) groups is 2. The monoisotopic (exact) mass is 391 g/mol. The molecule has 0 saturated carbocycles. The molecule has 1 unspecified atom stereocenters. The molecule has 0 spiro atoms. The third-order valence-electron chi connectivity index (χ3n) is 4.40. The quantitative estimate of drug-likeness (QED) is 0.743. The first kappa shape index (κ1) is 19.0. The lowest BCUT2D eigenvalue weighted by molar-refractivity contribution is -0.122. The predicted octanol–water partition coefficient (Wildman–Crippen LogP) is 0.0327. The lowest BCUT2D eigenvalue weighted by Crippen LogP contribution is -2.44. The Kier molecular flexibility index (Phi) is 5.54. The molecule has 1 fully saturated rings. The number of hydrogen-bond acceptors (Lipinski definition) is 6. The minimum atomic E-state index is -3.06. The van der Waals surface area contributed by atoms with Crippen molar-refractivity contribution in [1.29, 1.82) is 0 Å². The fraction of sp³-hybridized carbons (Fsp3) is 0.412. The molecule has 2 amide bonds. The largest absolute Gasteiger partial charge is 0.351 e. The van der Waals surface area contributed by atoms with Crippen molar-refractivity contribution >= 4 is 21.7 Å². The maximum Gasteiger partial charge on any atom is 0.254 e. The summed E-state index contributed by atoms with van der Waals surface area (Å²) < 4.78 is 24.5. The minimum Gasteiger partial charge on any atom is -0.351 e. The van der Waals surface area contributed by atoms with Gasteiger partial charge in [0.05, 0.1) is 23.7 Å². The van der Waals surface area contributed by atoms with E-state index in [9.17, 15) is 18.0 Å². The molecule has 2 aromatic rings. The molecule has 9 nitrogen and oxygen atoms in total. The predicted molar refractivity (Wildman–Crippen MR) is 98.1 cm³/mol. The normalized spacial score (nSPS) is 18.2. The molecule has 0 aliphatic carbocycles. The van der Waals surface area contributed by atoms with E-state index in [1.807, 2.05) is 0 Å². The van der Waals surface area contributed by atoms with Crippen LogP contribution in [0.3, 0.4) is 0 Å². The van der Waals surface area contributed by atoms with Gasteiger partial charge in [-0.25, -0.2) is 18.1 Å². The van der Waals surface area contributed by atoms with E-state index in [-0.39, 0.29) is 35.9 Å². The molecule has 0 radical (unpaired) electrons. The first-order valence-electron chi connectivity index (χ1n) is 8.62. The first-order chi connectivity index (χ1) is 12.9. The van der Waals surface area contributed by atoms with Crippen LogP contribution in [0, 0.1) is 0 Å². The average Bonchev–Trinajstić information content (AvgIpc) is 3.29. The van der Waals surface area contributed by atoms with Crippen LogP contribution >= 0.6 is 0 Å². The Morgan fingerprint density at radius 1 is 1.30 bits per heavy atom. The van der Waals surface area contributed by atoms with Gasteiger partial charge in [-0.05, 0) is 37.6 Å². The second kappa shape index (κ2) is 7.87. The van der Waals surface area contributed by atoms with Crippen LogP contribution in [0.1, 0.15) is 23.7 Å². The highest BCUT2D eigenvalue weighted by Gasteiger charge is 2.29. The summed E-state index contributed by atoms with van der Waals surface area (Å²) in [7, 11) is -3.06. The molecule has 0 bridgehead atoms. The number of likely N-dealkylation sites (N-methyl/N-ethyl adjacent to an activating group) is 1. The van der Waals surface area contributed by atoms with Crippen LogP contribution in [-0.2, 0) is 14.6 Å². The molecule has 1 aliphatic rings. The highest BCUT2D eigenvalue weighted by Crippen LogP contribution is 2.12. The molecular weight excluding hydrogens is 370 g/mol. The van der Waals surface area contributed by atoms with Gasteiger partial charge in [-0.1, -0.05) is 0 Å². The second-order valence-electron chi connectivity index (χ2n) is 6.37. The van der Waals surface area contributed by atoms with Gasteiger partial charge in [0.1, 0.15) is 12.7 Å². The summed E-state index contributed by atoms with van der Waals surface area (Å²) in [5.74, 6) is -0.571. The van der Waals surface area contributed by atoms with E-state index in [2.05, 4.69) is 15.4 Å². The number of hydrogen-bond donors (Lipinski definition) is 1. The minimum absolute atomic E-state index is 0.0391. The Labute approximate surface area is 157 Å². The van der Waals surface area contributed by atoms with Gasteiger partial charge in [0.25, 0.3) is 5.91 Å². The van der Waals surface area contributed by atoms with E-state index >= 15 is 0 Å². The summed E-state index contributed by atoms with van der Waals surface area (Å²) in [5, 5.41) is 6.73. The van der Waals surface area contributed by atoms with Gasteiger partial charge in [-0.15, -0.1) is 0 Å². The molecule has 1 saturated heterocycles. The summed E-state index contributed by atoms with van der Waals surface area (Å²) in [5.41, 5.74) is 1.23. The molecule has 2 heterocycles. The molecule has 144 valence electrons. The SMILES string of the molecule is CCN(CC(=O)NC1CCS(=O)(=O)C1)C(=O)c1ccc(-n2cncn2)cc1. The second-order valence-corrected chi connectivity index (χ2v) is 8.60. The van der Waals surface area contributed by atoms with Crippen molar-refractivity contribution < 1.29 is 18.0 Å². The van der Waals surface area contributed by atoms with Gasteiger partial charge < -0.3 is 10.2 Å². The van der Waals surface area contributed by atoms with Crippen molar-refractivity contribution in [2.24, 2.45) is 0 Å². The molecule has 27 heavy (non-hydrogen) atoms. The van der Waals surface area contributed by atoms with Crippen molar-refractivity contribution in [2.75, 3.05) is 24.6 Å². The smallest absolute Gasteiger partial charge is 0.254 e. The van der Waals surface area contributed by atoms with Crippen LogP contribution in [0.2, 0.25) is 0 Å². The molecule has 3 rings (SSSR count). The van der Waals surface area contributed by atoms with Crippen LogP contribution in [0.25, 0.3) is 5.69 Å². The number of aromatic nitrogens is 3. The lowest BCUT2D eigenvalue weighted by atomic mass is 10.1. The van der Waals surface area contributed by atoms with Crippen LogP contribution < -0.4 is 5.32 Å². The molecule has 1 aromatic carbocycles. The van der Waals surface area contributed by atoms with Crippen LogP contribution in [0.4, 0.5) is 0 Å². The number of rotatable bonds is 6. The Balaban J connectivity index is 1.61. The number of nitrogens with zero attached hydrogens (tertiary/aromatic N) is 4. The molecule has 1 aliphatic heterocycles.